The van der Waals surface area contributed by atoms with Crippen LogP contribution in [0.25, 0.3) is 10.9 Å². The van der Waals surface area contributed by atoms with Gasteiger partial charge >= 0.3 is 0 Å². The molecule has 162 valence electrons. The molecule has 1 saturated carbocycles. The normalized spacial score (nSPS) is 18.1. The van der Waals surface area contributed by atoms with Gasteiger partial charge in [0.15, 0.2) is 0 Å². The summed E-state index contributed by atoms with van der Waals surface area (Å²) in [6.07, 6.45) is 8.75. The van der Waals surface area contributed by atoms with E-state index in [0.29, 0.717) is 0 Å². The van der Waals surface area contributed by atoms with Crippen molar-refractivity contribution in [1.29, 1.82) is 0 Å². The molecule has 1 unspecified atom stereocenters. The number of nitrogens with one attached hydrogen (secondary N) is 1. The van der Waals surface area contributed by atoms with Crippen LogP contribution in [0.1, 0.15) is 50.6 Å². The first-order valence-electron chi connectivity index (χ1n) is 11.6. The third-order valence-corrected chi connectivity index (χ3v) is 7.05. The number of allylic oxidation sites excluding steroid dienone is 2. The summed E-state index contributed by atoms with van der Waals surface area (Å²) in [6, 6.07) is 16.9. The average Bonchev–Trinajstić information content (AvgIpc) is 3.20. The lowest BCUT2D eigenvalue weighted by Gasteiger charge is -2.32. The summed E-state index contributed by atoms with van der Waals surface area (Å²) in [5, 5.41) is 16.3. The molecule has 1 aliphatic heterocycles. The summed E-state index contributed by atoms with van der Waals surface area (Å²) < 4.78 is 2.07. The van der Waals surface area contributed by atoms with Gasteiger partial charge in [0, 0.05) is 36.8 Å². The molecule has 0 amide bonds. The van der Waals surface area contributed by atoms with E-state index in [9.17, 15) is 5.21 Å². The van der Waals surface area contributed by atoms with E-state index >= 15 is 0 Å². The molecule has 0 bridgehead atoms. The monoisotopic (exact) mass is 416 g/mol. The Kier molecular flexibility index (Phi) is 5.68. The average molecular weight is 417 g/mol. The van der Waals surface area contributed by atoms with Gasteiger partial charge in [0.1, 0.15) is 0 Å². The van der Waals surface area contributed by atoms with Gasteiger partial charge < -0.3 is 4.90 Å². The predicted molar refractivity (Wildman–Crippen MR) is 125 cm³/mol. The topological polar surface area (TPSA) is 53.3 Å². The van der Waals surface area contributed by atoms with E-state index in [1.54, 1.807) is 0 Å². The fraction of sp³-hybridized carbons (Fsp3) is 0.423. The molecule has 2 aromatic carbocycles. The number of aromatic nitrogens is 2. The van der Waals surface area contributed by atoms with E-state index in [2.05, 4.69) is 70.6 Å². The first-order chi connectivity index (χ1) is 15.2. The zero-order valence-electron chi connectivity index (χ0n) is 18.3. The third-order valence-electron chi connectivity index (χ3n) is 7.05. The maximum absolute atomic E-state index is 10.1. The molecule has 0 spiro atoms. The number of hydroxylamine groups is 1. The first kappa shape index (κ1) is 20.1. The van der Waals surface area contributed by atoms with Gasteiger partial charge in [-0.3, -0.25) is 15.4 Å². The number of hydrogen-bond acceptors (Lipinski definition) is 4. The van der Waals surface area contributed by atoms with Crippen molar-refractivity contribution in [3.63, 3.8) is 0 Å². The Morgan fingerprint density at radius 3 is 2.55 bits per heavy atom. The minimum atomic E-state index is -0.0515. The summed E-state index contributed by atoms with van der Waals surface area (Å²) in [5.74, 6) is 0.806. The SMILES string of the molecule is CC1CCN(c2cccc3nn(C(Cc4ccccc4)C(NO)=C4CCC4)cc23)CC1. The molecule has 2 heterocycles. The lowest BCUT2D eigenvalue weighted by Crippen LogP contribution is -2.32. The molecule has 1 saturated heterocycles. The summed E-state index contributed by atoms with van der Waals surface area (Å²) in [6.45, 7) is 4.56. The minimum Gasteiger partial charge on any atom is -0.371 e. The largest absolute Gasteiger partial charge is 0.371 e. The quantitative estimate of drug-likeness (QED) is 0.523. The van der Waals surface area contributed by atoms with Gasteiger partial charge in [-0.25, -0.2) is 0 Å². The van der Waals surface area contributed by atoms with Gasteiger partial charge in [0.05, 0.1) is 17.3 Å². The molecule has 31 heavy (non-hydrogen) atoms. The zero-order valence-corrected chi connectivity index (χ0v) is 18.3. The number of anilines is 1. The molecule has 0 radical (unpaired) electrons. The van der Waals surface area contributed by atoms with E-state index in [4.69, 9.17) is 5.10 Å². The summed E-state index contributed by atoms with van der Waals surface area (Å²) in [4.78, 5) is 2.51. The molecular formula is C26H32N4O. The molecule has 2 N–H and O–H groups in total. The molecule has 2 fully saturated rings. The van der Waals surface area contributed by atoms with Gasteiger partial charge in [0.2, 0.25) is 0 Å². The highest BCUT2D eigenvalue weighted by Crippen LogP contribution is 2.36. The number of rotatable bonds is 6. The Morgan fingerprint density at radius 1 is 1.10 bits per heavy atom. The Balaban J connectivity index is 1.54. The molecule has 5 heteroatoms. The molecule has 1 atom stereocenters. The fourth-order valence-corrected chi connectivity index (χ4v) is 4.91. The van der Waals surface area contributed by atoms with E-state index in [-0.39, 0.29) is 6.04 Å². The number of hydrogen-bond donors (Lipinski definition) is 2. The van der Waals surface area contributed by atoms with Gasteiger partial charge in [0.25, 0.3) is 0 Å². The van der Waals surface area contributed by atoms with Gasteiger partial charge in [-0.05, 0) is 61.3 Å². The van der Waals surface area contributed by atoms with Gasteiger partial charge in [-0.2, -0.15) is 5.10 Å². The highest BCUT2D eigenvalue weighted by molar-refractivity contribution is 5.91. The molecule has 1 aromatic heterocycles. The van der Waals surface area contributed by atoms with Crippen molar-refractivity contribution in [3.05, 3.63) is 71.6 Å². The lowest BCUT2D eigenvalue weighted by atomic mass is 9.87. The van der Waals surface area contributed by atoms with Crippen LogP contribution < -0.4 is 10.4 Å². The summed E-state index contributed by atoms with van der Waals surface area (Å²) in [7, 11) is 0. The third kappa shape index (κ3) is 4.07. The highest BCUT2D eigenvalue weighted by atomic mass is 16.5. The van der Waals surface area contributed by atoms with Crippen LogP contribution in [0.15, 0.2) is 66.0 Å². The highest BCUT2D eigenvalue weighted by Gasteiger charge is 2.26. The Morgan fingerprint density at radius 2 is 1.87 bits per heavy atom. The van der Waals surface area contributed by atoms with Crippen LogP contribution in [-0.2, 0) is 6.42 Å². The number of fused-ring (bicyclic) bond motifs is 1. The van der Waals surface area contributed by atoms with Crippen LogP contribution in [0.2, 0.25) is 0 Å². The fourth-order valence-electron chi connectivity index (χ4n) is 4.91. The molecular weight excluding hydrogens is 384 g/mol. The Hall–Kier alpha value is -2.79. The Labute approximate surface area is 184 Å². The molecule has 3 aromatic rings. The smallest absolute Gasteiger partial charge is 0.0976 e. The molecule has 5 nitrogen and oxygen atoms in total. The van der Waals surface area contributed by atoms with Crippen molar-refractivity contribution in [2.24, 2.45) is 5.92 Å². The molecule has 5 rings (SSSR count). The minimum absolute atomic E-state index is 0.0515. The maximum Gasteiger partial charge on any atom is 0.0976 e. The van der Waals surface area contributed by atoms with Gasteiger partial charge in [-0.1, -0.05) is 43.3 Å². The molecule has 2 aliphatic rings. The predicted octanol–water partition coefficient (Wildman–Crippen LogP) is 5.47. The number of nitrogens with zero attached hydrogens (tertiary/aromatic N) is 3. The first-order valence-corrected chi connectivity index (χ1v) is 11.6. The standard InChI is InChI=1S/C26H32N4O/c1-19-13-15-29(16-14-19)24-12-6-11-23-22(24)18-30(27-23)25(17-20-7-3-2-4-8-20)26(28-31)21-9-5-10-21/h2-4,6-8,11-12,18-19,25,28,31H,5,9-10,13-17H2,1H3. The van der Waals surface area contributed by atoms with Crippen LogP contribution in [0.5, 0.6) is 0 Å². The second kappa shape index (κ2) is 8.75. The zero-order chi connectivity index (χ0) is 21.2. The number of benzene rings is 2. The van der Waals surface area contributed by atoms with E-state index < -0.39 is 0 Å². The Bertz CT molecular complexity index is 1060. The van der Waals surface area contributed by atoms with Crippen LogP contribution in [0.3, 0.4) is 0 Å². The van der Waals surface area contributed by atoms with Gasteiger partial charge in [-0.15, -0.1) is 0 Å². The second-order valence-corrected chi connectivity index (χ2v) is 9.18. The van der Waals surface area contributed by atoms with Crippen LogP contribution >= 0.6 is 0 Å². The van der Waals surface area contributed by atoms with E-state index in [1.165, 1.54) is 41.5 Å². The van der Waals surface area contributed by atoms with Crippen LogP contribution in [0, 0.1) is 5.92 Å². The van der Waals surface area contributed by atoms with E-state index in [1.807, 2.05) is 6.07 Å². The summed E-state index contributed by atoms with van der Waals surface area (Å²) in [5.41, 5.74) is 8.33. The lowest BCUT2D eigenvalue weighted by molar-refractivity contribution is 0.179. The summed E-state index contributed by atoms with van der Waals surface area (Å²) >= 11 is 0. The van der Waals surface area contributed by atoms with Crippen molar-refractivity contribution in [1.82, 2.24) is 15.3 Å². The van der Waals surface area contributed by atoms with E-state index in [0.717, 1.165) is 49.5 Å². The van der Waals surface area contributed by atoms with Crippen LogP contribution in [-0.4, -0.2) is 28.1 Å². The molecule has 1 aliphatic carbocycles. The van der Waals surface area contributed by atoms with Crippen molar-refractivity contribution >= 4 is 16.6 Å². The van der Waals surface area contributed by atoms with Crippen molar-refractivity contribution in [2.45, 2.75) is 51.5 Å². The second-order valence-electron chi connectivity index (χ2n) is 9.18. The van der Waals surface area contributed by atoms with Crippen molar-refractivity contribution < 1.29 is 5.21 Å². The van der Waals surface area contributed by atoms with Crippen molar-refractivity contribution in [2.75, 3.05) is 18.0 Å². The van der Waals surface area contributed by atoms with Crippen LogP contribution in [0.4, 0.5) is 5.69 Å². The van der Waals surface area contributed by atoms with Crippen molar-refractivity contribution in [3.8, 4) is 0 Å². The maximum atomic E-state index is 10.1. The number of piperidine rings is 1.